The van der Waals surface area contributed by atoms with Crippen molar-refractivity contribution in [1.29, 1.82) is 0 Å². The number of aromatic nitrogens is 1. The molecule has 2 N–H and O–H groups in total. The Balaban J connectivity index is 1.83. The number of rotatable bonds is 5. The molecule has 1 heterocycles. The van der Waals surface area contributed by atoms with Crippen molar-refractivity contribution in [3.8, 4) is 5.75 Å². The third-order valence-electron chi connectivity index (χ3n) is 3.27. The van der Waals surface area contributed by atoms with Crippen molar-refractivity contribution in [3.63, 3.8) is 0 Å². The molecule has 0 aliphatic heterocycles. The van der Waals surface area contributed by atoms with E-state index < -0.39 is 0 Å². The fourth-order valence-electron chi connectivity index (χ4n) is 2.16. The first-order chi connectivity index (χ1) is 10.4. The van der Waals surface area contributed by atoms with E-state index in [1.165, 1.54) is 0 Å². The van der Waals surface area contributed by atoms with Gasteiger partial charge >= 0.3 is 6.03 Å². The molecule has 0 aliphatic carbocycles. The summed E-state index contributed by atoms with van der Waals surface area (Å²) in [6.45, 7) is 4.16. The van der Waals surface area contributed by atoms with Gasteiger partial charge in [0.05, 0.1) is 6.54 Å². The first-order valence-electron chi connectivity index (χ1n) is 7.16. The summed E-state index contributed by atoms with van der Waals surface area (Å²) in [6, 6.07) is 8.61. The molecule has 118 valence electrons. The quantitative estimate of drug-likeness (QED) is 0.889. The van der Waals surface area contributed by atoms with Crippen LogP contribution in [0.5, 0.6) is 5.75 Å². The van der Waals surface area contributed by atoms with E-state index >= 15 is 0 Å². The molecular formula is C16H21N3O3. The molecule has 2 aromatic rings. The minimum absolute atomic E-state index is 0.0152. The molecule has 2 amide bonds. The van der Waals surface area contributed by atoms with Crippen molar-refractivity contribution in [2.45, 2.75) is 32.9 Å². The average molecular weight is 303 g/mol. The van der Waals surface area contributed by atoms with Gasteiger partial charge in [0.1, 0.15) is 17.2 Å². The second-order valence-electron chi connectivity index (χ2n) is 5.51. The van der Waals surface area contributed by atoms with E-state index in [-0.39, 0.29) is 17.8 Å². The smallest absolute Gasteiger partial charge is 0.317 e. The zero-order valence-corrected chi connectivity index (χ0v) is 13.0. The van der Waals surface area contributed by atoms with Gasteiger partial charge in [-0.25, -0.2) is 4.79 Å². The van der Waals surface area contributed by atoms with Crippen molar-refractivity contribution in [1.82, 2.24) is 15.4 Å². The maximum atomic E-state index is 12.1. The van der Waals surface area contributed by atoms with Crippen LogP contribution in [-0.2, 0) is 13.0 Å². The van der Waals surface area contributed by atoms with Crippen LogP contribution >= 0.6 is 0 Å². The van der Waals surface area contributed by atoms with Crippen LogP contribution in [0, 0.1) is 6.92 Å². The number of carbonyl (C=O) groups excluding carboxylic acids is 1. The SMILES string of the molecule is Cc1cc(CN(C)C(=O)NC(C)Cc2ccc(O)cc2)no1. The maximum absolute atomic E-state index is 12.1. The number of aryl methyl sites for hydroxylation is 1. The topological polar surface area (TPSA) is 78.6 Å². The highest BCUT2D eigenvalue weighted by molar-refractivity contribution is 5.74. The van der Waals surface area contributed by atoms with E-state index in [0.717, 1.165) is 17.0 Å². The molecule has 6 nitrogen and oxygen atoms in total. The second kappa shape index (κ2) is 6.98. The highest BCUT2D eigenvalue weighted by Crippen LogP contribution is 2.11. The van der Waals surface area contributed by atoms with Crippen LogP contribution in [-0.4, -0.2) is 34.3 Å². The fourth-order valence-corrected chi connectivity index (χ4v) is 2.16. The number of hydrogen-bond acceptors (Lipinski definition) is 4. The Morgan fingerprint density at radius 2 is 2.09 bits per heavy atom. The van der Waals surface area contributed by atoms with Gasteiger partial charge in [0, 0.05) is 19.2 Å². The number of hydrogen-bond donors (Lipinski definition) is 2. The molecule has 0 saturated carbocycles. The van der Waals surface area contributed by atoms with Crippen LogP contribution in [0.4, 0.5) is 4.79 Å². The van der Waals surface area contributed by atoms with Crippen LogP contribution in [0.25, 0.3) is 0 Å². The number of carbonyl (C=O) groups is 1. The molecule has 0 radical (unpaired) electrons. The summed E-state index contributed by atoms with van der Waals surface area (Å²) in [5, 5.41) is 16.1. The molecule has 0 saturated heterocycles. The Bertz CT molecular complexity index is 622. The Kier molecular flexibility index (Phi) is 5.04. The molecule has 0 spiro atoms. The third-order valence-corrected chi connectivity index (χ3v) is 3.27. The summed E-state index contributed by atoms with van der Waals surface area (Å²) in [5.41, 5.74) is 1.78. The molecule has 0 fully saturated rings. The Labute approximate surface area is 129 Å². The fraction of sp³-hybridized carbons (Fsp3) is 0.375. The lowest BCUT2D eigenvalue weighted by atomic mass is 10.1. The number of phenolic OH excluding ortho intramolecular Hbond substituents is 1. The van der Waals surface area contributed by atoms with Gasteiger partial charge < -0.3 is 19.8 Å². The molecule has 0 aliphatic rings. The van der Waals surface area contributed by atoms with Gasteiger partial charge in [-0.1, -0.05) is 17.3 Å². The monoisotopic (exact) mass is 303 g/mol. The van der Waals surface area contributed by atoms with Crippen LogP contribution in [0.3, 0.4) is 0 Å². The van der Waals surface area contributed by atoms with E-state index in [0.29, 0.717) is 13.0 Å². The van der Waals surface area contributed by atoms with Gasteiger partial charge in [-0.15, -0.1) is 0 Å². The largest absolute Gasteiger partial charge is 0.508 e. The summed E-state index contributed by atoms with van der Waals surface area (Å²) in [6.07, 6.45) is 0.697. The van der Waals surface area contributed by atoms with Gasteiger partial charge in [-0.2, -0.15) is 0 Å². The minimum atomic E-state index is -0.160. The standard InChI is InChI=1S/C16H21N3O3/c1-11(8-13-4-6-15(20)7-5-13)17-16(21)19(3)10-14-9-12(2)22-18-14/h4-7,9,11,20H,8,10H2,1-3H3,(H,17,21). The van der Waals surface area contributed by atoms with Crippen molar-refractivity contribution in [3.05, 3.63) is 47.3 Å². The molecule has 6 heteroatoms. The Hall–Kier alpha value is -2.50. The molecule has 1 atom stereocenters. The van der Waals surface area contributed by atoms with Crippen molar-refractivity contribution in [2.75, 3.05) is 7.05 Å². The van der Waals surface area contributed by atoms with E-state index in [9.17, 15) is 9.90 Å². The maximum Gasteiger partial charge on any atom is 0.317 e. The molecule has 2 rings (SSSR count). The lowest BCUT2D eigenvalue weighted by Crippen LogP contribution is -2.42. The first-order valence-corrected chi connectivity index (χ1v) is 7.16. The average Bonchev–Trinajstić information content (AvgIpc) is 2.86. The number of nitrogens with one attached hydrogen (secondary N) is 1. The zero-order chi connectivity index (χ0) is 16.1. The number of urea groups is 1. The molecule has 1 aromatic carbocycles. The number of aromatic hydroxyl groups is 1. The van der Waals surface area contributed by atoms with E-state index in [1.54, 1.807) is 24.1 Å². The normalized spacial score (nSPS) is 12.0. The number of amides is 2. The summed E-state index contributed by atoms with van der Waals surface area (Å²) >= 11 is 0. The zero-order valence-electron chi connectivity index (χ0n) is 13.0. The highest BCUT2D eigenvalue weighted by Gasteiger charge is 2.14. The summed E-state index contributed by atoms with van der Waals surface area (Å²) in [7, 11) is 1.71. The molecule has 1 aromatic heterocycles. The van der Waals surface area contributed by atoms with E-state index in [2.05, 4.69) is 10.5 Å². The number of phenols is 1. The van der Waals surface area contributed by atoms with Crippen molar-refractivity contribution >= 4 is 6.03 Å². The Morgan fingerprint density at radius 3 is 2.68 bits per heavy atom. The van der Waals surface area contributed by atoms with Crippen LogP contribution in [0.1, 0.15) is 23.9 Å². The van der Waals surface area contributed by atoms with Crippen molar-refractivity contribution in [2.24, 2.45) is 0 Å². The lowest BCUT2D eigenvalue weighted by molar-refractivity contribution is 0.202. The van der Waals surface area contributed by atoms with Gasteiger partial charge in [0.15, 0.2) is 0 Å². The van der Waals surface area contributed by atoms with Gasteiger partial charge in [-0.3, -0.25) is 0 Å². The van der Waals surface area contributed by atoms with E-state index in [4.69, 9.17) is 4.52 Å². The van der Waals surface area contributed by atoms with E-state index in [1.807, 2.05) is 32.0 Å². The Morgan fingerprint density at radius 1 is 1.41 bits per heavy atom. The first kappa shape index (κ1) is 15.9. The predicted molar refractivity (Wildman–Crippen MR) is 82.5 cm³/mol. The summed E-state index contributed by atoms with van der Waals surface area (Å²) in [5.74, 6) is 0.965. The van der Waals surface area contributed by atoms with Gasteiger partial charge in [0.2, 0.25) is 0 Å². The second-order valence-corrected chi connectivity index (χ2v) is 5.51. The number of nitrogens with zero attached hydrogens (tertiary/aromatic N) is 2. The molecule has 22 heavy (non-hydrogen) atoms. The molecule has 1 unspecified atom stereocenters. The van der Waals surface area contributed by atoms with Gasteiger partial charge in [0.25, 0.3) is 0 Å². The highest BCUT2D eigenvalue weighted by atomic mass is 16.5. The lowest BCUT2D eigenvalue weighted by Gasteiger charge is -2.20. The van der Waals surface area contributed by atoms with Gasteiger partial charge in [-0.05, 0) is 38.0 Å². The minimum Gasteiger partial charge on any atom is -0.508 e. The number of benzene rings is 1. The predicted octanol–water partition coefficient (Wildman–Crippen LogP) is 2.46. The van der Waals surface area contributed by atoms with Crippen LogP contribution in [0.15, 0.2) is 34.9 Å². The van der Waals surface area contributed by atoms with Crippen molar-refractivity contribution < 1.29 is 14.4 Å². The van der Waals surface area contributed by atoms with Crippen LogP contribution < -0.4 is 5.32 Å². The summed E-state index contributed by atoms with van der Waals surface area (Å²) in [4.78, 5) is 13.7. The van der Waals surface area contributed by atoms with Crippen LogP contribution in [0.2, 0.25) is 0 Å². The summed E-state index contributed by atoms with van der Waals surface area (Å²) < 4.78 is 4.99. The third kappa shape index (κ3) is 4.51. The molecule has 0 bridgehead atoms. The molecular weight excluding hydrogens is 282 g/mol.